The summed E-state index contributed by atoms with van der Waals surface area (Å²) in [4.78, 5) is 14.3. The quantitative estimate of drug-likeness (QED) is 0.783. The zero-order valence-corrected chi connectivity index (χ0v) is 14.2. The van der Waals surface area contributed by atoms with Crippen LogP contribution in [0.2, 0.25) is 0 Å². The van der Waals surface area contributed by atoms with Crippen molar-refractivity contribution in [1.82, 2.24) is 14.7 Å². The molecule has 1 aliphatic rings. The van der Waals surface area contributed by atoms with Crippen LogP contribution in [0.3, 0.4) is 0 Å². The number of rotatable bonds is 2. The minimum atomic E-state index is -0.560. The van der Waals surface area contributed by atoms with Crippen LogP contribution < -0.4 is 0 Å². The summed E-state index contributed by atoms with van der Waals surface area (Å²) >= 11 is 0. The van der Waals surface area contributed by atoms with Crippen LogP contribution in [0, 0.1) is 0 Å². The first kappa shape index (κ1) is 15.8. The van der Waals surface area contributed by atoms with Gasteiger partial charge in [-0.15, -0.1) is 0 Å². The number of fused-ring (bicyclic) bond motifs is 1. The number of hydrogen-bond acceptors (Lipinski definition) is 3. The van der Waals surface area contributed by atoms with Gasteiger partial charge in [0, 0.05) is 32.3 Å². The lowest BCUT2D eigenvalue weighted by Gasteiger charge is -2.36. The van der Waals surface area contributed by atoms with Gasteiger partial charge in [-0.2, -0.15) is 5.10 Å². The van der Waals surface area contributed by atoms with Crippen LogP contribution >= 0.6 is 0 Å². The highest BCUT2D eigenvalue weighted by Gasteiger charge is 2.31. The third-order valence-corrected chi connectivity index (χ3v) is 5.02. The Morgan fingerprint density at radius 2 is 2.00 bits per heavy atom. The number of carbonyl (C=O) groups is 1. The van der Waals surface area contributed by atoms with E-state index in [1.807, 2.05) is 12.1 Å². The molecule has 0 spiro atoms. The summed E-state index contributed by atoms with van der Waals surface area (Å²) in [6.45, 7) is 0.994. The summed E-state index contributed by atoms with van der Waals surface area (Å²) in [5, 5.41) is 17.1. The van der Waals surface area contributed by atoms with Crippen LogP contribution in [-0.2, 0) is 7.05 Å². The smallest absolute Gasteiger partial charge is 0.257 e. The molecule has 4 rings (SSSR count). The van der Waals surface area contributed by atoms with Crippen LogP contribution in [0.5, 0.6) is 0 Å². The normalized spacial score (nSPS) is 20.8. The molecule has 2 atom stereocenters. The fourth-order valence-corrected chi connectivity index (χ4v) is 3.66. The fourth-order valence-electron chi connectivity index (χ4n) is 3.66. The largest absolute Gasteiger partial charge is 0.391 e. The Balaban J connectivity index is 1.51. The Morgan fingerprint density at radius 3 is 2.72 bits per heavy atom. The van der Waals surface area contributed by atoms with E-state index in [4.69, 9.17) is 0 Å². The number of aromatic nitrogens is 2. The van der Waals surface area contributed by atoms with E-state index in [1.165, 1.54) is 10.8 Å². The van der Waals surface area contributed by atoms with Crippen LogP contribution in [0.1, 0.15) is 28.3 Å². The summed E-state index contributed by atoms with van der Waals surface area (Å²) in [6.07, 6.45) is 3.48. The summed E-state index contributed by atoms with van der Waals surface area (Å²) in [5.41, 5.74) is 1.71. The van der Waals surface area contributed by atoms with Crippen molar-refractivity contribution >= 4 is 16.7 Å². The van der Waals surface area contributed by atoms with Crippen molar-refractivity contribution in [2.24, 2.45) is 7.05 Å². The average Bonchev–Trinajstić information content (AvgIpc) is 3.07. The van der Waals surface area contributed by atoms with Crippen molar-refractivity contribution in [3.63, 3.8) is 0 Å². The maximum Gasteiger partial charge on any atom is 0.257 e. The molecule has 5 nitrogen and oxygen atoms in total. The van der Waals surface area contributed by atoms with Gasteiger partial charge in [0.25, 0.3) is 5.91 Å². The Bertz CT molecular complexity index is 918. The van der Waals surface area contributed by atoms with Crippen molar-refractivity contribution in [2.75, 3.05) is 13.1 Å². The van der Waals surface area contributed by atoms with Gasteiger partial charge in [0.05, 0.1) is 17.9 Å². The molecule has 128 valence electrons. The molecular formula is C20H21N3O2. The number of benzene rings is 2. The van der Waals surface area contributed by atoms with E-state index < -0.39 is 6.10 Å². The zero-order valence-electron chi connectivity index (χ0n) is 14.2. The van der Waals surface area contributed by atoms with Crippen LogP contribution in [0.25, 0.3) is 10.8 Å². The molecule has 1 N–H and O–H groups in total. The van der Waals surface area contributed by atoms with Crippen molar-refractivity contribution in [3.05, 3.63) is 66.0 Å². The molecule has 2 aromatic carbocycles. The molecule has 1 amide bonds. The van der Waals surface area contributed by atoms with E-state index in [0.717, 1.165) is 12.0 Å². The van der Waals surface area contributed by atoms with Gasteiger partial charge in [-0.05, 0) is 22.8 Å². The van der Waals surface area contributed by atoms with Crippen molar-refractivity contribution < 1.29 is 9.90 Å². The molecular weight excluding hydrogens is 314 g/mol. The van der Waals surface area contributed by atoms with Gasteiger partial charge < -0.3 is 10.0 Å². The number of likely N-dealkylation sites (tertiary alicyclic amines) is 1. The van der Waals surface area contributed by atoms with E-state index >= 15 is 0 Å². The Hall–Kier alpha value is -2.66. The lowest BCUT2D eigenvalue weighted by atomic mass is 9.86. The summed E-state index contributed by atoms with van der Waals surface area (Å²) in [7, 11) is 1.79. The minimum absolute atomic E-state index is 0.0579. The topological polar surface area (TPSA) is 58.4 Å². The van der Waals surface area contributed by atoms with Gasteiger partial charge in [-0.3, -0.25) is 9.48 Å². The molecule has 25 heavy (non-hydrogen) atoms. The number of amides is 1. The van der Waals surface area contributed by atoms with Crippen molar-refractivity contribution in [2.45, 2.75) is 18.4 Å². The first-order valence-electron chi connectivity index (χ1n) is 8.56. The first-order valence-corrected chi connectivity index (χ1v) is 8.56. The predicted molar refractivity (Wildman–Crippen MR) is 96.4 cm³/mol. The predicted octanol–water partition coefficient (Wildman–Crippen LogP) is 2.56. The second-order valence-corrected chi connectivity index (χ2v) is 6.72. The number of aliphatic hydroxyl groups excluding tert-OH is 1. The van der Waals surface area contributed by atoms with Gasteiger partial charge in [0.1, 0.15) is 0 Å². The second kappa shape index (κ2) is 6.33. The molecule has 1 aromatic heterocycles. The van der Waals surface area contributed by atoms with Gasteiger partial charge in [-0.1, -0.05) is 42.5 Å². The van der Waals surface area contributed by atoms with E-state index in [1.54, 1.807) is 29.0 Å². The highest BCUT2D eigenvalue weighted by molar-refractivity contribution is 5.93. The van der Waals surface area contributed by atoms with E-state index in [0.29, 0.717) is 18.7 Å². The molecule has 5 heteroatoms. The van der Waals surface area contributed by atoms with E-state index in [2.05, 4.69) is 35.4 Å². The molecule has 0 aliphatic carbocycles. The van der Waals surface area contributed by atoms with E-state index in [-0.39, 0.29) is 11.8 Å². The summed E-state index contributed by atoms with van der Waals surface area (Å²) in [5.74, 6) is -0.00772. The molecule has 0 radical (unpaired) electrons. The average molecular weight is 335 g/mol. The maximum absolute atomic E-state index is 12.5. The summed E-state index contributed by atoms with van der Waals surface area (Å²) < 4.78 is 1.62. The van der Waals surface area contributed by atoms with Crippen molar-refractivity contribution in [1.29, 1.82) is 0 Å². The van der Waals surface area contributed by atoms with Gasteiger partial charge in [0.15, 0.2) is 0 Å². The van der Waals surface area contributed by atoms with Crippen LogP contribution in [0.4, 0.5) is 0 Å². The Labute approximate surface area is 146 Å². The number of aliphatic hydroxyl groups is 1. The second-order valence-electron chi connectivity index (χ2n) is 6.72. The Morgan fingerprint density at radius 1 is 1.20 bits per heavy atom. The molecule has 1 aliphatic heterocycles. The van der Waals surface area contributed by atoms with Crippen LogP contribution in [0.15, 0.2) is 54.9 Å². The molecule has 0 bridgehead atoms. The minimum Gasteiger partial charge on any atom is -0.391 e. The number of aryl methyl sites for hydroxylation is 1. The van der Waals surface area contributed by atoms with Crippen LogP contribution in [-0.4, -0.2) is 44.9 Å². The lowest BCUT2D eigenvalue weighted by Crippen LogP contribution is -2.45. The van der Waals surface area contributed by atoms with E-state index in [9.17, 15) is 9.90 Å². The number of nitrogens with zero attached hydrogens (tertiary/aromatic N) is 3. The zero-order chi connectivity index (χ0) is 17.4. The third kappa shape index (κ3) is 3.03. The molecule has 1 saturated heterocycles. The first-order chi connectivity index (χ1) is 12.1. The maximum atomic E-state index is 12.5. The molecule has 2 heterocycles. The molecule has 0 saturated carbocycles. The third-order valence-electron chi connectivity index (χ3n) is 5.02. The molecule has 1 fully saturated rings. The van der Waals surface area contributed by atoms with Gasteiger partial charge in [0.2, 0.25) is 0 Å². The number of carbonyl (C=O) groups excluding carboxylic acids is 1. The van der Waals surface area contributed by atoms with Gasteiger partial charge >= 0.3 is 0 Å². The number of piperidine rings is 1. The standard InChI is InChI=1S/C20H21N3O2/c1-22-12-17(11-21-22)20(25)23-9-8-18(19(24)13-23)16-7-6-14-4-2-3-5-15(14)10-16/h2-7,10-12,18-19,24H,8-9,13H2,1H3/t18-,19+/m0/s1. The van der Waals surface area contributed by atoms with Crippen molar-refractivity contribution in [3.8, 4) is 0 Å². The molecule has 0 unspecified atom stereocenters. The highest BCUT2D eigenvalue weighted by Crippen LogP contribution is 2.31. The number of β-amino-alcohol motifs (C(OH)–C–C–N with tert-alkyl or cyclic N) is 1. The SMILES string of the molecule is Cn1cc(C(=O)N2CC[C@@H](c3ccc4ccccc4c3)[C@H](O)C2)cn1. The lowest BCUT2D eigenvalue weighted by molar-refractivity contribution is 0.0382. The number of hydrogen-bond donors (Lipinski definition) is 1. The molecule has 3 aromatic rings. The fraction of sp³-hybridized carbons (Fsp3) is 0.300. The Kier molecular flexibility index (Phi) is 4.01. The van der Waals surface area contributed by atoms with Gasteiger partial charge in [-0.25, -0.2) is 0 Å². The summed E-state index contributed by atoms with van der Waals surface area (Å²) in [6, 6.07) is 14.6. The monoisotopic (exact) mass is 335 g/mol. The highest BCUT2D eigenvalue weighted by atomic mass is 16.3.